The normalized spacial score (nSPS) is 20.7. The molecule has 1 unspecified atom stereocenters. The van der Waals surface area contributed by atoms with Crippen LogP contribution in [0.4, 0.5) is 4.39 Å². The van der Waals surface area contributed by atoms with Gasteiger partial charge >= 0.3 is 0 Å². The second kappa shape index (κ2) is 11.0. The number of morpholine rings is 1. The third-order valence-electron chi connectivity index (χ3n) is 7.75. The number of amides is 2. The Morgan fingerprint density at radius 3 is 2.55 bits per heavy atom. The highest BCUT2D eigenvalue weighted by Gasteiger charge is 2.37. The molecule has 2 aromatic rings. The molecule has 4 heterocycles. The van der Waals surface area contributed by atoms with Gasteiger partial charge in [0.15, 0.2) is 5.75 Å². The predicted molar refractivity (Wildman–Crippen MR) is 139 cm³/mol. The van der Waals surface area contributed by atoms with Crippen molar-refractivity contribution >= 4 is 23.4 Å². The molecule has 9 nitrogen and oxygen atoms in total. The van der Waals surface area contributed by atoms with Crippen LogP contribution < -0.4 is 5.56 Å². The van der Waals surface area contributed by atoms with E-state index < -0.39 is 23.0 Å². The van der Waals surface area contributed by atoms with E-state index in [1.54, 1.807) is 4.90 Å². The zero-order valence-corrected chi connectivity index (χ0v) is 22.2. The number of hydrogen-bond acceptors (Lipinski definition) is 6. The van der Waals surface area contributed by atoms with Gasteiger partial charge in [-0.05, 0) is 43.9 Å². The molecule has 1 saturated heterocycles. The molecule has 0 saturated carbocycles. The molecule has 1 aromatic carbocycles. The molecule has 5 rings (SSSR count). The zero-order chi connectivity index (χ0) is 27.0. The maximum absolute atomic E-state index is 14.0. The lowest BCUT2D eigenvalue weighted by Gasteiger charge is -2.36. The minimum absolute atomic E-state index is 0.0495. The summed E-state index contributed by atoms with van der Waals surface area (Å²) in [5.74, 6) is -2.01. The van der Waals surface area contributed by atoms with E-state index in [0.717, 1.165) is 19.5 Å². The fraction of sp³-hybridized carbons (Fsp3) is 0.519. The summed E-state index contributed by atoms with van der Waals surface area (Å²) in [6, 6.07) is 3.93. The molecule has 1 N–H and O–H groups in total. The quantitative estimate of drug-likeness (QED) is 0.619. The molecular formula is C27H32ClFN4O5. The third-order valence-corrected chi connectivity index (χ3v) is 8.04. The number of aromatic nitrogens is 1. The lowest BCUT2D eigenvalue weighted by Crippen LogP contribution is -2.47. The van der Waals surface area contributed by atoms with Crippen LogP contribution in [0, 0.1) is 5.82 Å². The van der Waals surface area contributed by atoms with Crippen LogP contribution in [-0.4, -0.2) is 88.7 Å². The number of hydrogen-bond donors (Lipinski definition) is 1. The molecule has 0 radical (unpaired) electrons. The minimum Gasteiger partial charge on any atom is -0.502 e. The van der Waals surface area contributed by atoms with Crippen molar-refractivity contribution in [1.29, 1.82) is 0 Å². The van der Waals surface area contributed by atoms with Gasteiger partial charge in [-0.2, -0.15) is 0 Å². The van der Waals surface area contributed by atoms with Crippen LogP contribution in [-0.2, 0) is 17.7 Å². The number of rotatable bonds is 5. The Balaban J connectivity index is 1.49. The average molecular weight is 547 g/mol. The summed E-state index contributed by atoms with van der Waals surface area (Å²) in [5.41, 5.74) is 0.393. The van der Waals surface area contributed by atoms with E-state index in [-0.39, 0.29) is 41.3 Å². The molecule has 3 aliphatic heterocycles. The van der Waals surface area contributed by atoms with Crippen molar-refractivity contribution in [3.05, 3.63) is 61.8 Å². The van der Waals surface area contributed by atoms with Crippen molar-refractivity contribution in [2.45, 2.75) is 38.8 Å². The van der Waals surface area contributed by atoms with Crippen molar-refractivity contribution in [3.63, 3.8) is 0 Å². The average Bonchev–Trinajstić information content (AvgIpc) is 2.90. The summed E-state index contributed by atoms with van der Waals surface area (Å²) in [6.45, 7) is 6.98. The van der Waals surface area contributed by atoms with Gasteiger partial charge in [-0.15, -0.1) is 0 Å². The van der Waals surface area contributed by atoms with Crippen molar-refractivity contribution in [2.75, 3.05) is 52.5 Å². The minimum atomic E-state index is -0.727. The Bertz CT molecular complexity index is 1310. The zero-order valence-electron chi connectivity index (χ0n) is 21.4. The smallest absolute Gasteiger partial charge is 0.294 e. The summed E-state index contributed by atoms with van der Waals surface area (Å²) in [7, 11) is 0. The van der Waals surface area contributed by atoms with Crippen LogP contribution in [0.5, 0.6) is 5.75 Å². The van der Waals surface area contributed by atoms with Crippen LogP contribution >= 0.6 is 11.6 Å². The van der Waals surface area contributed by atoms with Crippen LogP contribution in [0.25, 0.3) is 0 Å². The highest BCUT2D eigenvalue weighted by atomic mass is 35.5. The van der Waals surface area contributed by atoms with E-state index in [9.17, 15) is 23.9 Å². The molecule has 1 aromatic heterocycles. The molecule has 204 valence electrons. The van der Waals surface area contributed by atoms with Crippen LogP contribution in [0.2, 0.25) is 5.02 Å². The fourth-order valence-corrected chi connectivity index (χ4v) is 5.83. The molecule has 2 amide bonds. The first-order chi connectivity index (χ1) is 18.3. The summed E-state index contributed by atoms with van der Waals surface area (Å²) in [5, 5.41) is 10.9. The molecule has 11 heteroatoms. The summed E-state index contributed by atoms with van der Waals surface area (Å²) in [6.07, 6.45) is 1.69. The van der Waals surface area contributed by atoms with Gasteiger partial charge in [-0.1, -0.05) is 17.7 Å². The van der Waals surface area contributed by atoms with Gasteiger partial charge in [0.1, 0.15) is 11.5 Å². The number of pyridine rings is 1. The van der Waals surface area contributed by atoms with Crippen LogP contribution in [0.3, 0.4) is 0 Å². The number of ether oxygens (including phenoxy) is 1. The Hall–Kier alpha value is -2.95. The van der Waals surface area contributed by atoms with Crippen LogP contribution in [0.1, 0.15) is 57.8 Å². The molecular weight excluding hydrogens is 515 g/mol. The van der Waals surface area contributed by atoms with E-state index >= 15 is 0 Å². The van der Waals surface area contributed by atoms with E-state index in [2.05, 4.69) is 4.90 Å². The monoisotopic (exact) mass is 546 g/mol. The number of fused-ring (bicyclic) bond motifs is 3. The highest BCUT2D eigenvalue weighted by molar-refractivity contribution is 6.30. The summed E-state index contributed by atoms with van der Waals surface area (Å²) in [4.78, 5) is 46.4. The number of nitrogens with zero attached hydrogens (tertiary/aromatic N) is 4. The molecule has 1 atom stereocenters. The first kappa shape index (κ1) is 26.6. The molecule has 0 spiro atoms. The second-order valence-corrected chi connectivity index (χ2v) is 10.6. The standard InChI is InChI=1S/C27H32ClFN4O5/c1-17-3-2-7-31(10-9-30-11-13-38-14-12-30)26(36)23-19-6-8-32(16-18-4-5-21(29)20(28)15-18)25(35)22(19)24(34)27(37)33(17)23/h4-5,15,17,34H,2-3,6-14,16H2,1H3. The van der Waals surface area contributed by atoms with E-state index in [1.807, 2.05) is 6.92 Å². The maximum atomic E-state index is 14.0. The first-order valence-corrected chi connectivity index (χ1v) is 13.5. The SMILES string of the molecule is CC1CCCN(CCN2CCOCC2)C(=O)c2c3c(c(O)c(=O)n21)C(=O)N(Cc1ccc(F)c(Cl)c1)CC3. The maximum Gasteiger partial charge on any atom is 0.294 e. The van der Waals surface area contributed by atoms with Gasteiger partial charge in [0.05, 0.1) is 23.8 Å². The Kier molecular flexibility index (Phi) is 7.74. The molecule has 0 aliphatic carbocycles. The lowest BCUT2D eigenvalue weighted by molar-refractivity contribution is 0.0319. The first-order valence-electron chi connectivity index (χ1n) is 13.1. The van der Waals surface area contributed by atoms with Crippen molar-refractivity contribution in [3.8, 4) is 5.75 Å². The number of benzene rings is 1. The molecule has 1 fully saturated rings. The third kappa shape index (κ3) is 5.04. The largest absolute Gasteiger partial charge is 0.502 e. The Morgan fingerprint density at radius 2 is 1.82 bits per heavy atom. The van der Waals surface area contributed by atoms with Crippen molar-refractivity contribution in [2.24, 2.45) is 0 Å². The van der Waals surface area contributed by atoms with Crippen LogP contribution in [0.15, 0.2) is 23.0 Å². The van der Waals surface area contributed by atoms with E-state index in [0.29, 0.717) is 56.8 Å². The Morgan fingerprint density at radius 1 is 1.05 bits per heavy atom. The predicted octanol–water partition coefficient (Wildman–Crippen LogP) is 2.67. The molecule has 38 heavy (non-hydrogen) atoms. The Labute approximate surface area is 225 Å². The van der Waals surface area contributed by atoms with Gasteiger partial charge in [0, 0.05) is 57.4 Å². The molecule has 3 aliphatic rings. The fourth-order valence-electron chi connectivity index (χ4n) is 5.63. The van der Waals surface area contributed by atoms with Gasteiger partial charge in [0.2, 0.25) is 0 Å². The topological polar surface area (TPSA) is 95.3 Å². The summed E-state index contributed by atoms with van der Waals surface area (Å²) < 4.78 is 20.4. The summed E-state index contributed by atoms with van der Waals surface area (Å²) >= 11 is 5.91. The van der Waals surface area contributed by atoms with Crippen molar-refractivity contribution < 1.29 is 23.8 Å². The van der Waals surface area contributed by atoms with E-state index in [4.69, 9.17) is 16.3 Å². The van der Waals surface area contributed by atoms with Gasteiger partial charge in [0.25, 0.3) is 17.4 Å². The molecule has 0 bridgehead atoms. The number of halogens is 2. The lowest BCUT2D eigenvalue weighted by atomic mass is 9.93. The number of carbonyl (C=O) groups excluding carboxylic acids is 2. The number of aromatic hydroxyl groups is 1. The van der Waals surface area contributed by atoms with Gasteiger partial charge < -0.3 is 19.6 Å². The highest BCUT2D eigenvalue weighted by Crippen LogP contribution is 2.32. The number of carbonyl (C=O) groups is 2. The second-order valence-electron chi connectivity index (χ2n) is 10.2. The van der Waals surface area contributed by atoms with Gasteiger partial charge in [-0.25, -0.2) is 4.39 Å². The van der Waals surface area contributed by atoms with Crippen molar-refractivity contribution in [1.82, 2.24) is 19.3 Å². The van der Waals surface area contributed by atoms with E-state index in [1.165, 1.54) is 27.7 Å². The van der Waals surface area contributed by atoms with Gasteiger partial charge in [-0.3, -0.25) is 23.9 Å².